The Morgan fingerprint density at radius 1 is 1.00 bits per heavy atom. The summed E-state index contributed by atoms with van der Waals surface area (Å²) in [6, 6.07) is 0. The van der Waals surface area contributed by atoms with Crippen LogP contribution in [0.1, 0.15) is 72.6 Å². The maximum absolute atomic E-state index is 2.57. The molecule has 0 spiro atoms. The van der Waals surface area contributed by atoms with Crippen molar-refractivity contribution in [2.75, 3.05) is 0 Å². The van der Waals surface area contributed by atoms with E-state index in [9.17, 15) is 0 Å². The molecular formula is C19H35B. The first-order valence-corrected chi connectivity index (χ1v) is 9.50. The van der Waals surface area contributed by atoms with Crippen molar-refractivity contribution < 1.29 is 0 Å². The molecule has 0 aromatic heterocycles. The molecule has 0 aromatic rings. The summed E-state index contributed by atoms with van der Waals surface area (Å²) in [5.74, 6) is 5.15. The molecule has 0 N–H and O–H groups in total. The smallest absolute Gasteiger partial charge is 0.0739 e. The lowest BCUT2D eigenvalue weighted by Gasteiger charge is -2.64. The van der Waals surface area contributed by atoms with Crippen molar-refractivity contribution in [3.05, 3.63) is 0 Å². The zero-order valence-corrected chi connectivity index (χ0v) is 14.3. The van der Waals surface area contributed by atoms with Gasteiger partial charge < -0.3 is 0 Å². The summed E-state index contributed by atoms with van der Waals surface area (Å²) < 4.78 is 0. The number of hydrogen-bond acceptors (Lipinski definition) is 0. The van der Waals surface area contributed by atoms with Crippen LogP contribution in [-0.2, 0) is 0 Å². The summed E-state index contributed by atoms with van der Waals surface area (Å²) in [6.45, 7) is 11.1. The highest BCUT2D eigenvalue weighted by molar-refractivity contribution is 6.60. The molecule has 4 aliphatic rings. The second kappa shape index (κ2) is 5.69. The summed E-state index contributed by atoms with van der Waals surface area (Å²) >= 11 is 0. The van der Waals surface area contributed by atoms with Crippen molar-refractivity contribution >= 4 is 6.71 Å². The van der Waals surface area contributed by atoms with Gasteiger partial charge in [-0.05, 0) is 41.9 Å². The largest absolute Gasteiger partial charge is 0.143 e. The van der Waals surface area contributed by atoms with Crippen molar-refractivity contribution in [1.29, 1.82) is 0 Å². The molecule has 1 heteroatoms. The van der Waals surface area contributed by atoms with E-state index in [0.29, 0.717) is 5.41 Å². The van der Waals surface area contributed by atoms with Gasteiger partial charge in [-0.1, -0.05) is 78.3 Å². The summed E-state index contributed by atoms with van der Waals surface area (Å²) in [4.78, 5) is 0. The molecule has 0 radical (unpaired) electrons. The van der Waals surface area contributed by atoms with Gasteiger partial charge in [-0.15, -0.1) is 0 Å². The van der Waals surface area contributed by atoms with Gasteiger partial charge in [-0.3, -0.25) is 0 Å². The zero-order valence-electron chi connectivity index (χ0n) is 14.3. The fourth-order valence-corrected chi connectivity index (χ4v) is 6.15. The SMILES string of the molecule is CC(C)CC1[C@H]2C[C@@H](C[C@H]1B1CCCCCC1)C2(C)C. The molecule has 4 rings (SSSR count). The third kappa shape index (κ3) is 2.59. The molecule has 20 heavy (non-hydrogen) atoms. The van der Waals surface area contributed by atoms with Gasteiger partial charge >= 0.3 is 0 Å². The van der Waals surface area contributed by atoms with Crippen molar-refractivity contribution in [2.24, 2.45) is 29.1 Å². The fourth-order valence-electron chi connectivity index (χ4n) is 6.15. The van der Waals surface area contributed by atoms with Crippen LogP contribution in [0.25, 0.3) is 0 Å². The first-order valence-electron chi connectivity index (χ1n) is 9.50. The Balaban J connectivity index is 1.75. The van der Waals surface area contributed by atoms with Crippen LogP contribution in [0.4, 0.5) is 0 Å². The highest BCUT2D eigenvalue weighted by atomic mass is 14.6. The maximum atomic E-state index is 2.57. The number of rotatable bonds is 3. The van der Waals surface area contributed by atoms with Crippen molar-refractivity contribution in [2.45, 2.75) is 91.1 Å². The normalized spacial score (nSPS) is 40.4. The Hall–Kier alpha value is 0.0649. The van der Waals surface area contributed by atoms with Gasteiger partial charge in [0, 0.05) is 0 Å². The Bertz CT molecular complexity index is 325. The minimum absolute atomic E-state index is 0.667. The van der Waals surface area contributed by atoms with E-state index in [4.69, 9.17) is 0 Å². The molecule has 0 aromatic carbocycles. The van der Waals surface area contributed by atoms with Crippen LogP contribution >= 0.6 is 0 Å². The van der Waals surface area contributed by atoms with Crippen molar-refractivity contribution in [3.63, 3.8) is 0 Å². The van der Waals surface area contributed by atoms with Crippen LogP contribution in [0.3, 0.4) is 0 Å². The monoisotopic (exact) mass is 274 g/mol. The molecule has 1 heterocycles. The first kappa shape index (κ1) is 15.0. The highest BCUT2D eigenvalue weighted by Gasteiger charge is 2.58. The lowest BCUT2D eigenvalue weighted by atomic mass is 9.27. The third-order valence-corrected chi connectivity index (χ3v) is 7.42. The second-order valence-electron chi connectivity index (χ2n) is 9.31. The van der Waals surface area contributed by atoms with Crippen LogP contribution in [0, 0.1) is 29.1 Å². The highest BCUT2D eigenvalue weighted by Crippen LogP contribution is 2.66. The topological polar surface area (TPSA) is 0 Å². The Kier molecular flexibility index (Phi) is 4.26. The van der Waals surface area contributed by atoms with E-state index in [1.807, 2.05) is 0 Å². The molecule has 2 bridgehead atoms. The van der Waals surface area contributed by atoms with E-state index in [-0.39, 0.29) is 0 Å². The van der Waals surface area contributed by atoms with Gasteiger partial charge in [0.2, 0.25) is 0 Å². The third-order valence-electron chi connectivity index (χ3n) is 7.42. The van der Waals surface area contributed by atoms with Gasteiger partial charge in [0.05, 0.1) is 0 Å². The van der Waals surface area contributed by atoms with Gasteiger partial charge in [-0.2, -0.15) is 0 Å². The average molecular weight is 274 g/mol. The van der Waals surface area contributed by atoms with Gasteiger partial charge in [0.25, 0.3) is 0 Å². The Morgan fingerprint density at radius 2 is 1.65 bits per heavy atom. The molecule has 1 unspecified atom stereocenters. The molecule has 0 amide bonds. The van der Waals surface area contributed by atoms with Crippen LogP contribution in [0.2, 0.25) is 18.5 Å². The summed E-state index contributed by atoms with van der Waals surface area (Å²) in [5.41, 5.74) is 0.667. The molecule has 1 saturated heterocycles. The quantitative estimate of drug-likeness (QED) is 0.541. The van der Waals surface area contributed by atoms with Crippen LogP contribution in [0.15, 0.2) is 0 Å². The van der Waals surface area contributed by atoms with Gasteiger partial charge in [-0.25, -0.2) is 0 Å². The van der Waals surface area contributed by atoms with E-state index in [1.165, 1.54) is 32.1 Å². The van der Waals surface area contributed by atoms with E-state index in [2.05, 4.69) is 27.7 Å². The molecule has 114 valence electrons. The lowest BCUT2D eigenvalue weighted by molar-refractivity contribution is -0.109. The lowest BCUT2D eigenvalue weighted by Crippen LogP contribution is -2.56. The maximum Gasteiger partial charge on any atom is 0.143 e. The van der Waals surface area contributed by atoms with Gasteiger partial charge in [0.1, 0.15) is 6.71 Å². The summed E-state index contributed by atoms with van der Waals surface area (Å²) in [7, 11) is 0. The molecular weight excluding hydrogens is 239 g/mol. The Morgan fingerprint density at radius 3 is 2.20 bits per heavy atom. The first-order chi connectivity index (χ1) is 9.50. The van der Waals surface area contributed by atoms with Crippen molar-refractivity contribution in [3.8, 4) is 0 Å². The van der Waals surface area contributed by atoms with E-state index in [0.717, 1.165) is 36.2 Å². The summed E-state index contributed by atoms with van der Waals surface area (Å²) in [6.07, 6.45) is 13.8. The van der Waals surface area contributed by atoms with Crippen molar-refractivity contribution in [1.82, 2.24) is 0 Å². The minimum atomic E-state index is 0.667. The molecule has 0 nitrogen and oxygen atoms in total. The minimum Gasteiger partial charge on any atom is -0.0739 e. The predicted molar refractivity (Wildman–Crippen MR) is 90.5 cm³/mol. The second-order valence-corrected chi connectivity index (χ2v) is 9.31. The molecule has 4 fully saturated rings. The van der Waals surface area contributed by atoms with Gasteiger partial charge in [0.15, 0.2) is 0 Å². The number of fused-ring (bicyclic) bond motifs is 2. The molecule has 1 aliphatic heterocycles. The fraction of sp³-hybridized carbons (Fsp3) is 1.00. The van der Waals surface area contributed by atoms with E-state index in [1.54, 1.807) is 25.5 Å². The average Bonchev–Trinajstić information content (AvgIpc) is 2.66. The van der Waals surface area contributed by atoms with Crippen LogP contribution in [0.5, 0.6) is 0 Å². The molecule has 3 aliphatic carbocycles. The number of hydrogen-bond donors (Lipinski definition) is 0. The van der Waals surface area contributed by atoms with E-state index < -0.39 is 0 Å². The molecule has 4 atom stereocenters. The van der Waals surface area contributed by atoms with E-state index >= 15 is 0 Å². The van der Waals surface area contributed by atoms with Crippen LogP contribution < -0.4 is 0 Å². The predicted octanol–water partition coefficient (Wildman–Crippen LogP) is 6.15. The van der Waals surface area contributed by atoms with Crippen LogP contribution in [-0.4, -0.2) is 6.71 Å². The molecule has 3 saturated carbocycles. The zero-order chi connectivity index (χ0) is 14.3. The Labute approximate surface area is 127 Å². The standard InChI is InChI=1S/C19H35B/c1-14(2)11-16-17-12-15(19(17,3)4)13-18(16)20-9-7-5-6-8-10-20/h14-18H,5-13H2,1-4H3/t15-,16?,17+,18+/m0/s1. The summed E-state index contributed by atoms with van der Waals surface area (Å²) in [5, 5.41) is 0.